The van der Waals surface area contributed by atoms with Crippen LogP contribution in [0.1, 0.15) is 21.6 Å². The summed E-state index contributed by atoms with van der Waals surface area (Å²) in [5.41, 5.74) is 4.09. The number of carbonyl (C=O) groups is 1. The predicted octanol–water partition coefficient (Wildman–Crippen LogP) is 4.05. The molecule has 1 aromatic carbocycles. The zero-order chi connectivity index (χ0) is 24.8. The Hall–Kier alpha value is -4.21. The van der Waals surface area contributed by atoms with Gasteiger partial charge in [0.15, 0.2) is 0 Å². The Kier molecular flexibility index (Phi) is 7.39. The first-order chi connectivity index (χ1) is 17.0. The molecule has 0 fully saturated rings. The second-order valence-corrected chi connectivity index (χ2v) is 7.73. The first-order valence-electron chi connectivity index (χ1n) is 11.0. The van der Waals surface area contributed by atoms with E-state index >= 15 is 0 Å². The number of fused-ring (bicyclic) bond motifs is 1. The smallest absolute Gasteiger partial charge is 0.272 e. The maximum absolute atomic E-state index is 12.5. The molecule has 0 atom stereocenters. The van der Waals surface area contributed by atoms with Gasteiger partial charge in [-0.3, -0.25) is 14.8 Å². The Balaban J connectivity index is 1.48. The van der Waals surface area contributed by atoms with Gasteiger partial charge < -0.3 is 15.4 Å². The van der Waals surface area contributed by atoms with Gasteiger partial charge in [0.1, 0.15) is 24.5 Å². The van der Waals surface area contributed by atoms with E-state index in [4.69, 9.17) is 4.74 Å². The summed E-state index contributed by atoms with van der Waals surface area (Å²) in [5.74, 6) is 0.731. The lowest BCUT2D eigenvalue weighted by molar-refractivity contribution is 0.0814. The summed E-state index contributed by atoms with van der Waals surface area (Å²) >= 11 is 0. The fraction of sp³-hybridized carbons (Fsp3) is 0.240. The van der Waals surface area contributed by atoms with Gasteiger partial charge in [-0.1, -0.05) is 18.2 Å². The van der Waals surface area contributed by atoms with Gasteiger partial charge in [0, 0.05) is 43.0 Å². The summed E-state index contributed by atoms with van der Waals surface area (Å²) in [5, 5.41) is 6.73. The van der Waals surface area contributed by atoms with E-state index in [2.05, 4.69) is 30.6 Å². The SMILES string of the molecule is CNC(=O)c1ccnc2c(CCNc3cc(-c4cnc(C)c(OCC(F)F)c4)ncn3)cccc12. The van der Waals surface area contributed by atoms with Crippen LogP contribution in [-0.2, 0) is 6.42 Å². The van der Waals surface area contributed by atoms with E-state index in [0.29, 0.717) is 41.3 Å². The van der Waals surface area contributed by atoms with Gasteiger partial charge in [-0.25, -0.2) is 18.7 Å². The molecule has 3 heterocycles. The number of ether oxygens (including phenoxy) is 1. The van der Waals surface area contributed by atoms with Crippen molar-refractivity contribution in [2.75, 3.05) is 25.5 Å². The monoisotopic (exact) mass is 478 g/mol. The molecule has 0 saturated heterocycles. The van der Waals surface area contributed by atoms with E-state index < -0.39 is 13.0 Å². The molecule has 35 heavy (non-hydrogen) atoms. The summed E-state index contributed by atoms with van der Waals surface area (Å²) in [6.45, 7) is 1.56. The van der Waals surface area contributed by atoms with Gasteiger partial charge in [0.05, 0.1) is 22.5 Å². The Bertz CT molecular complexity index is 1350. The summed E-state index contributed by atoms with van der Waals surface area (Å²) in [6.07, 6.45) is 2.75. The van der Waals surface area contributed by atoms with Crippen LogP contribution in [-0.4, -0.2) is 52.5 Å². The predicted molar refractivity (Wildman–Crippen MR) is 129 cm³/mol. The van der Waals surface area contributed by atoms with Crippen LogP contribution < -0.4 is 15.4 Å². The molecule has 10 heteroatoms. The van der Waals surface area contributed by atoms with Gasteiger partial charge in [-0.05, 0) is 31.0 Å². The maximum atomic E-state index is 12.5. The van der Waals surface area contributed by atoms with Gasteiger partial charge in [0.2, 0.25) is 0 Å². The number of halogens is 2. The first kappa shape index (κ1) is 23.9. The molecule has 0 aliphatic carbocycles. The summed E-state index contributed by atoms with van der Waals surface area (Å²) < 4.78 is 30.2. The number of pyridine rings is 2. The van der Waals surface area contributed by atoms with E-state index in [1.807, 2.05) is 18.2 Å². The van der Waals surface area contributed by atoms with E-state index in [-0.39, 0.29) is 11.7 Å². The van der Waals surface area contributed by atoms with Crippen molar-refractivity contribution in [2.45, 2.75) is 19.8 Å². The lowest BCUT2D eigenvalue weighted by atomic mass is 10.0. The number of hydrogen-bond donors (Lipinski definition) is 2. The largest absolute Gasteiger partial charge is 0.486 e. The topological polar surface area (TPSA) is 102 Å². The van der Waals surface area contributed by atoms with Crippen LogP contribution in [0.5, 0.6) is 5.75 Å². The Labute approximate surface area is 200 Å². The number of para-hydroxylation sites is 1. The van der Waals surface area contributed by atoms with Crippen LogP contribution in [0.25, 0.3) is 22.2 Å². The number of carbonyl (C=O) groups excluding carboxylic acids is 1. The molecule has 8 nitrogen and oxygen atoms in total. The second kappa shape index (κ2) is 10.8. The van der Waals surface area contributed by atoms with Gasteiger partial charge in [-0.15, -0.1) is 0 Å². The van der Waals surface area contributed by atoms with E-state index in [1.165, 1.54) is 6.33 Å². The molecule has 0 spiro atoms. The maximum Gasteiger partial charge on any atom is 0.272 e. The Morgan fingerprint density at radius 3 is 2.77 bits per heavy atom. The minimum atomic E-state index is -2.57. The molecule has 1 amide bonds. The lowest BCUT2D eigenvalue weighted by Crippen LogP contribution is -2.18. The summed E-state index contributed by atoms with van der Waals surface area (Å²) in [4.78, 5) is 29.4. The number of nitrogens with zero attached hydrogens (tertiary/aromatic N) is 4. The van der Waals surface area contributed by atoms with Crippen molar-refractivity contribution in [3.63, 3.8) is 0 Å². The molecular formula is C25H24F2N6O2. The molecule has 0 bridgehead atoms. The minimum absolute atomic E-state index is 0.158. The Morgan fingerprint density at radius 2 is 1.97 bits per heavy atom. The number of alkyl halides is 2. The van der Waals surface area contributed by atoms with Gasteiger partial charge in [0.25, 0.3) is 12.3 Å². The molecule has 0 aliphatic rings. The molecule has 0 aliphatic heterocycles. The standard InChI is InChI=1S/C25H24F2N6O2/c1-15-21(35-13-22(26)27)10-17(12-31-15)20-11-23(33-14-32-20)29-8-6-16-4-3-5-18-19(25(34)28-2)7-9-30-24(16)18/h3-5,7,9-12,14,22H,6,8,13H2,1-2H3,(H,28,34)(H,29,32,33). The van der Waals surface area contributed by atoms with E-state index in [1.54, 1.807) is 44.6 Å². The average molecular weight is 479 g/mol. The highest BCUT2D eigenvalue weighted by Gasteiger charge is 2.12. The molecule has 180 valence electrons. The number of anilines is 1. The zero-order valence-corrected chi connectivity index (χ0v) is 19.3. The highest BCUT2D eigenvalue weighted by Crippen LogP contribution is 2.25. The molecule has 0 radical (unpaired) electrons. The fourth-order valence-corrected chi connectivity index (χ4v) is 3.66. The zero-order valence-electron chi connectivity index (χ0n) is 19.3. The number of aryl methyl sites for hydroxylation is 1. The van der Waals surface area contributed by atoms with Crippen molar-refractivity contribution in [2.24, 2.45) is 0 Å². The summed E-state index contributed by atoms with van der Waals surface area (Å²) in [7, 11) is 1.60. The minimum Gasteiger partial charge on any atom is -0.486 e. The summed E-state index contributed by atoms with van der Waals surface area (Å²) in [6, 6.07) is 10.9. The molecule has 3 aromatic heterocycles. The third-order valence-electron chi connectivity index (χ3n) is 5.39. The molecule has 0 saturated carbocycles. The van der Waals surface area contributed by atoms with Crippen LogP contribution in [0.3, 0.4) is 0 Å². The van der Waals surface area contributed by atoms with Crippen molar-refractivity contribution in [1.29, 1.82) is 0 Å². The molecule has 4 rings (SSSR count). The first-order valence-corrected chi connectivity index (χ1v) is 11.0. The highest BCUT2D eigenvalue weighted by atomic mass is 19.3. The van der Waals surface area contributed by atoms with Crippen molar-refractivity contribution in [3.8, 4) is 17.0 Å². The number of nitrogens with one attached hydrogen (secondary N) is 2. The van der Waals surface area contributed by atoms with E-state index in [0.717, 1.165) is 16.5 Å². The van der Waals surface area contributed by atoms with Crippen LogP contribution in [0.4, 0.5) is 14.6 Å². The van der Waals surface area contributed by atoms with Crippen molar-refractivity contribution >= 4 is 22.6 Å². The molecule has 0 unspecified atom stereocenters. The number of benzene rings is 1. The molecule has 4 aromatic rings. The average Bonchev–Trinajstić information content (AvgIpc) is 2.87. The number of aromatic nitrogens is 4. The number of rotatable bonds is 9. The van der Waals surface area contributed by atoms with Crippen LogP contribution >= 0.6 is 0 Å². The van der Waals surface area contributed by atoms with Crippen LogP contribution in [0.2, 0.25) is 0 Å². The van der Waals surface area contributed by atoms with Gasteiger partial charge >= 0.3 is 0 Å². The highest BCUT2D eigenvalue weighted by molar-refractivity contribution is 6.06. The quantitative estimate of drug-likeness (QED) is 0.374. The van der Waals surface area contributed by atoms with Crippen molar-refractivity contribution in [1.82, 2.24) is 25.3 Å². The lowest BCUT2D eigenvalue weighted by Gasteiger charge is -2.11. The fourth-order valence-electron chi connectivity index (χ4n) is 3.66. The molecular weight excluding hydrogens is 454 g/mol. The second-order valence-electron chi connectivity index (χ2n) is 7.73. The molecule has 2 N–H and O–H groups in total. The Morgan fingerprint density at radius 1 is 1.11 bits per heavy atom. The number of hydrogen-bond acceptors (Lipinski definition) is 7. The third-order valence-corrected chi connectivity index (χ3v) is 5.39. The van der Waals surface area contributed by atoms with Gasteiger partial charge in [-0.2, -0.15) is 0 Å². The normalized spacial score (nSPS) is 11.0. The van der Waals surface area contributed by atoms with Crippen molar-refractivity contribution < 1.29 is 18.3 Å². The van der Waals surface area contributed by atoms with Crippen LogP contribution in [0, 0.1) is 6.92 Å². The van der Waals surface area contributed by atoms with Crippen molar-refractivity contribution in [3.05, 3.63) is 71.9 Å². The van der Waals surface area contributed by atoms with Crippen LogP contribution in [0.15, 0.2) is 55.1 Å². The number of amides is 1. The third kappa shape index (κ3) is 5.65. The van der Waals surface area contributed by atoms with E-state index in [9.17, 15) is 13.6 Å².